The minimum atomic E-state index is 0. The van der Waals surface area contributed by atoms with Gasteiger partial charge in [0.15, 0.2) is 0 Å². The molecule has 0 unspecified atom stereocenters. The molecule has 2 heteroatoms. The topological polar surface area (TPSA) is 29.1 Å². The van der Waals surface area contributed by atoms with E-state index in [4.69, 9.17) is 0 Å². The van der Waals surface area contributed by atoms with Gasteiger partial charge in [0.2, 0.25) is 5.91 Å². The van der Waals surface area contributed by atoms with E-state index in [9.17, 15) is 4.79 Å². The third-order valence-electron chi connectivity index (χ3n) is 2.97. The molecule has 1 saturated carbocycles. The molecule has 0 radical (unpaired) electrons. The maximum Gasteiger partial charge on any atom is 0.227 e. The summed E-state index contributed by atoms with van der Waals surface area (Å²) in [5.41, 5.74) is 0.899. The van der Waals surface area contributed by atoms with Crippen molar-refractivity contribution < 1.29 is 6.22 Å². The molecular formula is C17H23NO. The zero-order valence-corrected chi connectivity index (χ0v) is 11.6. The molecule has 1 aliphatic rings. The van der Waals surface area contributed by atoms with Crippen LogP contribution in [0.1, 0.15) is 34.5 Å². The second kappa shape index (κ2) is 6.37. The van der Waals surface area contributed by atoms with Crippen LogP contribution in [0.15, 0.2) is 42.5 Å². The Kier molecular flexibility index (Phi) is 4.56. The normalized spacial score (nSPS) is 13.6. The van der Waals surface area contributed by atoms with Gasteiger partial charge in [-0.15, -0.1) is 0 Å². The summed E-state index contributed by atoms with van der Waals surface area (Å²) in [5.74, 6) is 0.418. The van der Waals surface area contributed by atoms with E-state index in [1.165, 1.54) is 11.8 Å². The summed E-state index contributed by atoms with van der Waals surface area (Å²) in [7, 11) is 0. The highest BCUT2D eigenvalue weighted by molar-refractivity contribution is 5.96. The molecule has 1 fully saturated rings. The van der Waals surface area contributed by atoms with Crippen molar-refractivity contribution >= 4 is 22.4 Å². The first-order valence-corrected chi connectivity index (χ1v) is 7.04. The number of benzene rings is 2. The second-order valence-electron chi connectivity index (χ2n) is 5.03. The largest absolute Gasteiger partial charge is 0.326 e. The first kappa shape index (κ1) is 13.6. The Morgan fingerprint density at radius 3 is 2.42 bits per heavy atom. The smallest absolute Gasteiger partial charge is 0.227 e. The summed E-state index contributed by atoms with van der Waals surface area (Å²) >= 11 is 0. The van der Waals surface area contributed by atoms with Crippen molar-refractivity contribution in [1.82, 2.24) is 0 Å². The molecule has 1 aliphatic carbocycles. The zero-order chi connectivity index (χ0) is 13.7. The van der Waals surface area contributed by atoms with Crippen molar-refractivity contribution in [1.29, 1.82) is 0 Å². The molecule has 0 saturated heterocycles. The van der Waals surface area contributed by atoms with Crippen molar-refractivity contribution in [3.63, 3.8) is 0 Å². The van der Waals surface area contributed by atoms with E-state index in [1.807, 2.05) is 30.3 Å². The van der Waals surface area contributed by atoms with Gasteiger partial charge >= 0.3 is 0 Å². The molecule has 3 rings (SSSR count). The van der Waals surface area contributed by atoms with E-state index in [0.29, 0.717) is 0 Å². The zero-order valence-electron chi connectivity index (χ0n) is 11.6. The fraction of sp³-hybridized carbons (Fsp3) is 0.353. The summed E-state index contributed by atoms with van der Waals surface area (Å²) in [6, 6.07) is 14.2. The van der Waals surface area contributed by atoms with Crippen LogP contribution >= 0.6 is 0 Å². The summed E-state index contributed by atoms with van der Waals surface area (Å²) in [6.45, 7) is 4.25. The maximum atomic E-state index is 11.6. The summed E-state index contributed by atoms with van der Waals surface area (Å²) in [6.07, 6.45) is 3.33. The van der Waals surface area contributed by atoms with E-state index in [1.54, 1.807) is 0 Å². The number of hydrogen-bond acceptors (Lipinski definition) is 1. The average Bonchev–Trinajstić information content (AvgIpc) is 3.24. The molecule has 0 heterocycles. The fourth-order valence-corrected chi connectivity index (χ4v) is 1.86. The Morgan fingerprint density at radius 2 is 1.79 bits per heavy atom. The van der Waals surface area contributed by atoms with Gasteiger partial charge in [-0.25, -0.2) is 0 Å². The predicted octanol–water partition coefficient (Wildman–Crippen LogP) is 4.85. The van der Waals surface area contributed by atoms with Gasteiger partial charge in [0.25, 0.3) is 0 Å². The number of hydrogen-bond donors (Lipinski definition) is 1. The lowest BCUT2D eigenvalue weighted by molar-refractivity contribution is -0.117. The van der Waals surface area contributed by atoms with Crippen molar-refractivity contribution in [2.24, 2.45) is 5.92 Å². The van der Waals surface area contributed by atoms with Crippen LogP contribution in [0.25, 0.3) is 10.8 Å². The van der Waals surface area contributed by atoms with Crippen LogP contribution in [-0.4, -0.2) is 5.91 Å². The number of fused-ring (bicyclic) bond motifs is 1. The Bertz CT molecular complexity index is 564. The average molecular weight is 257 g/mol. The van der Waals surface area contributed by atoms with Gasteiger partial charge in [-0.3, -0.25) is 4.79 Å². The van der Waals surface area contributed by atoms with Crippen LogP contribution in [0.4, 0.5) is 5.69 Å². The highest BCUT2D eigenvalue weighted by Gasteiger charge is 2.29. The Morgan fingerprint density at radius 1 is 1.16 bits per heavy atom. The van der Waals surface area contributed by atoms with Crippen LogP contribution in [0.3, 0.4) is 0 Å². The molecule has 2 nitrogen and oxygen atoms in total. The summed E-state index contributed by atoms with van der Waals surface area (Å²) < 4.78 is 0. The van der Waals surface area contributed by atoms with Gasteiger partial charge in [-0.05, 0) is 35.7 Å². The molecule has 102 valence electrons. The standard InChI is InChI=1S/C14H13NO.C3H8.H2/c16-14(11-5-6-11)15-13-8-7-10-3-1-2-4-12(10)9-13;1-3-2;/h1-4,7-9,11H,5-6H2,(H,15,16);3H2,1-2H3;1H. The first-order valence-electron chi connectivity index (χ1n) is 7.04. The van der Waals surface area contributed by atoms with E-state index in [0.717, 1.165) is 23.9 Å². The number of rotatable bonds is 2. The lowest BCUT2D eigenvalue weighted by atomic mass is 10.1. The van der Waals surface area contributed by atoms with E-state index >= 15 is 0 Å². The maximum absolute atomic E-state index is 11.6. The van der Waals surface area contributed by atoms with Gasteiger partial charge in [0.1, 0.15) is 0 Å². The van der Waals surface area contributed by atoms with Crippen LogP contribution in [0.2, 0.25) is 0 Å². The summed E-state index contributed by atoms with van der Waals surface area (Å²) in [4.78, 5) is 11.6. The highest BCUT2D eigenvalue weighted by Crippen LogP contribution is 2.30. The molecule has 1 N–H and O–H groups in total. The quantitative estimate of drug-likeness (QED) is 0.818. The molecule has 2 aromatic rings. The molecule has 2 aromatic carbocycles. The minimum Gasteiger partial charge on any atom is -0.326 e. The predicted molar refractivity (Wildman–Crippen MR) is 83.4 cm³/mol. The van der Waals surface area contributed by atoms with Gasteiger partial charge in [0, 0.05) is 13.0 Å². The van der Waals surface area contributed by atoms with Crippen LogP contribution in [0, 0.1) is 5.92 Å². The molecule has 0 aromatic heterocycles. The second-order valence-corrected chi connectivity index (χ2v) is 5.03. The highest BCUT2D eigenvalue weighted by atomic mass is 16.2. The first-order chi connectivity index (χ1) is 9.24. The monoisotopic (exact) mass is 257 g/mol. The number of nitrogens with one attached hydrogen (secondary N) is 1. The van der Waals surface area contributed by atoms with Gasteiger partial charge in [0.05, 0.1) is 0 Å². The lowest BCUT2D eigenvalue weighted by Gasteiger charge is -2.05. The molecule has 0 spiro atoms. The molecular weight excluding hydrogens is 234 g/mol. The van der Waals surface area contributed by atoms with Crippen molar-refractivity contribution in [3.8, 4) is 0 Å². The van der Waals surface area contributed by atoms with E-state index in [2.05, 4.69) is 31.3 Å². The Labute approximate surface area is 116 Å². The van der Waals surface area contributed by atoms with Crippen molar-refractivity contribution in [2.45, 2.75) is 33.1 Å². The fourth-order valence-electron chi connectivity index (χ4n) is 1.86. The molecule has 1 amide bonds. The van der Waals surface area contributed by atoms with E-state index in [-0.39, 0.29) is 13.3 Å². The lowest BCUT2D eigenvalue weighted by Crippen LogP contribution is -2.12. The molecule has 0 aliphatic heterocycles. The number of carbonyl (C=O) groups is 1. The Hall–Kier alpha value is -1.83. The Balaban J connectivity index is 0.000000462. The third-order valence-corrected chi connectivity index (χ3v) is 2.97. The number of carbonyl (C=O) groups excluding carboxylic acids is 1. The SMILES string of the molecule is CCC.O=C(Nc1ccc2ccccc2c1)C1CC1.[HH]. The van der Waals surface area contributed by atoms with Gasteiger partial charge < -0.3 is 5.32 Å². The molecule has 19 heavy (non-hydrogen) atoms. The van der Waals surface area contributed by atoms with Crippen molar-refractivity contribution in [2.75, 3.05) is 5.32 Å². The molecule has 0 atom stereocenters. The van der Waals surface area contributed by atoms with Gasteiger partial charge in [-0.2, -0.15) is 0 Å². The third kappa shape index (κ3) is 3.82. The number of anilines is 1. The van der Waals surface area contributed by atoms with Gasteiger partial charge in [-0.1, -0.05) is 50.6 Å². The summed E-state index contributed by atoms with van der Waals surface area (Å²) in [5, 5.41) is 5.32. The van der Waals surface area contributed by atoms with Crippen molar-refractivity contribution in [3.05, 3.63) is 42.5 Å². The molecule has 0 bridgehead atoms. The van der Waals surface area contributed by atoms with Crippen LogP contribution in [0.5, 0.6) is 0 Å². The van der Waals surface area contributed by atoms with Crippen LogP contribution < -0.4 is 5.32 Å². The number of amides is 1. The minimum absolute atomic E-state index is 0. The van der Waals surface area contributed by atoms with E-state index < -0.39 is 0 Å². The van der Waals surface area contributed by atoms with Crippen LogP contribution in [-0.2, 0) is 4.79 Å².